The van der Waals surface area contributed by atoms with Crippen LogP contribution in [-0.4, -0.2) is 2.97 Å². The number of hydrogen-bond acceptors (Lipinski definition) is 1. The van der Waals surface area contributed by atoms with E-state index in [1.54, 1.807) is 2.97 Å². The van der Waals surface area contributed by atoms with Crippen LogP contribution >= 0.6 is 0 Å². The third-order valence-electron chi connectivity index (χ3n) is 1.44. The third kappa shape index (κ3) is 1.24. The minimum atomic E-state index is 0.147. The average molecular weight is 303 g/mol. The Hall–Kier alpha value is -0.310. The van der Waals surface area contributed by atoms with Crippen LogP contribution in [0.2, 0.25) is 0 Å². The van der Waals surface area contributed by atoms with Gasteiger partial charge in [-0.2, -0.15) is 0 Å². The van der Waals surface area contributed by atoms with Gasteiger partial charge < -0.3 is 0 Å². The summed E-state index contributed by atoms with van der Waals surface area (Å²) < 4.78 is 1.76. The van der Waals surface area contributed by atoms with E-state index in [0.29, 0.717) is 0 Å². The molecule has 1 aromatic rings. The molecule has 0 aromatic carbocycles. The van der Waals surface area contributed by atoms with E-state index in [1.807, 2.05) is 26.0 Å². The Labute approximate surface area is 72.1 Å². The Bertz CT molecular complexity index is 303. The maximum absolute atomic E-state index is 11.2. The van der Waals surface area contributed by atoms with Crippen LogP contribution in [0.15, 0.2) is 16.9 Å². The number of pyridine rings is 1. The van der Waals surface area contributed by atoms with Crippen LogP contribution in [0.25, 0.3) is 0 Å². The van der Waals surface area contributed by atoms with E-state index in [-0.39, 0.29) is 5.56 Å². The maximum atomic E-state index is 11.2. The zero-order chi connectivity index (χ0) is 7.72. The summed E-state index contributed by atoms with van der Waals surface area (Å²) in [4.78, 5) is 11.2. The van der Waals surface area contributed by atoms with Crippen molar-refractivity contribution in [2.24, 2.45) is 0 Å². The second-order valence-electron chi connectivity index (χ2n) is 2.27. The first kappa shape index (κ1) is 7.79. The molecule has 0 atom stereocenters. The fourth-order valence-electron chi connectivity index (χ4n) is 0.715. The van der Waals surface area contributed by atoms with Gasteiger partial charge in [-0.05, 0) is 0 Å². The molecule has 52 valence electrons. The van der Waals surface area contributed by atoms with Crippen molar-refractivity contribution in [2.75, 3.05) is 0 Å². The van der Waals surface area contributed by atoms with Crippen molar-refractivity contribution in [1.82, 2.24) is 2.97 Å². The molecule has 0 aliphatic rings. The quantitative estimate of drug-likeness (QED) is 0.694. The molecule has 1 heterocycles. The zero-order valence-electron chi connectivity index (χ0n) is 5.96. The molecule has 1 aromatic heterocycles. The molecule has 0 bridgehead atoms. The molecule has 0 unspecified atom stereocenters. The second-order valence-corrected chi connectivity index (χ2v) is 3.71. The molecular weight excluding hydrogens is 295 g/mol. The molecule has 0 amide bonds. The van der Waals surface area contributed by atoms with Crippen molar-refractivity contribution in [3.63, 3.8) is 0 Å². The molecule has 0 aliphatic heterocycles. The van der Waals surface area contributed by atoms with Crippen LogP contribution in [0.3, 0.4) is 0 Å². The van der Waals surface area contributed by atoms with E-state index in [1.165, 1.54) is 0 Å². The van der Waals surface area contributed by atoms with Gasteiger partial charge >= 0.3 is 71.9 Å². The molecule has 0 saturated heterocycles. The van der Waals surface area contributed by atoms with E-state index < -0.39 is 0 Å². The summed E-state index contributed by atoms with van der Waals surface area (Å²) >= 11 is 0.981. The molecule has 0 saturated carbocycles. The van der Waals surface area contributed by atoms with Crippen molar-refractivity contribution in [1.29, 1.82) is 0 Å². The van der Waals surface area contributed by atoms with Gasteiger partial charge in [-0.25, -0.2) is 0 Å². The van der Waals surface area contributed by atoms with Gasteiger partial charge in [0, 0.05) is 0 Å². The summed E-state index contributed by atoms with van der Waals surface area (Å²) in [6.07, 6.45) is 0. The van der Waals surface area contributed by atoms with E-state index in [0.717, 1.165) is 32.6 Å². The molecule has 0 aliphatic carbocycles. The minimum absolute atomic E-state index is 0.147. The first-order chi connectivity index (χ1) is 4.63. The van der Waals surface area contributed by atoms with Crippen molar-refractivity contribution in [3.05, 3.63) is 33.7 Å². The number of nitrogens with zero attached hydrogens (tertiary/aromatic N) is 1. The molecule has 0 radical (unpaired) electrons. The summed E-state index contributed by atoms with van der Waals surface area (Å²) in [6.45, 7) is 3.78. The fourth-order valence-corrected chi connectivity index (χ4v) is 1.52. The molecule has 1 rings (SSSR count). The monoisotopic (exact) mass is 303 g/mol. The van der Waals surface area contributed by atoms with Crippen LogP contribution in [0.1, 0.15) is 11.3 Å². The molecular formula is C7H8NOTa. The van der Waals surface area contributed by atoms with Crippen molar-refractivity contribution < 1.29 is 21.3 Å². The molecule has 10 heavy (non-hydrogen) atoms. The van der Waals surface area contributed by atoms with Gasteiger partial charge in [-0.1, -0.05) is 0 Å². The third-order valence-corrected chi connectivity index (χ3v) is 3.22. The number of rotatable bonds is 0. The van der Waals surface area contributed by atoms with Crippen LogP contribution in [0.5, 0.6) is 0 Å². The Morgan fingerprint density at radius 2 is 2.00 bits per heavy atom. The van der Waals surface area contributed by atoms with Gasteiger partial charge in [0.05, 0.1) is 0 Å². The second kappa shape index (κ2) is 2.74. The molecule has 0 spiro atoms. The Kier molecular flexibility index (Phi) is 2.14. The summed E-state index contributed by atoms with van der Waals surface area (Å²) in [5.74, 6) is 0. The average Bonchev–Trinajstić information content (AvgIpc) is 1.93. The zero-order valence-corrected chi connectivity index (χ0v) is 9.17. The Morgan fingerprint density at radius 1 is 1.40 bits per heavy atom. The predicted molar refractivity (Wildman–Crippen MR) is 35.6 cm³/mol. The van der Waals surface area contributed by atoms with Crippen molar-refractivity contribution in [3.8, 4) is 0 Å². The molecule has 0 fully saturated rings. The first-order valence-corrected chi connectivity index (χ1v) is 4.45. The summed E-state index contributed by atoms with van der Waals surface area (Å²) in [6, 6.07) is 3.83. The van der Waals surface area contributed by atoms with Crippen molar-refractivity contribution >= 4 is 0 Å². The van der Waals surface area contributed by atoms with E-state index in [2.05, 4.69) is 0 Å². The summed E-state index contributed by atoms with van der Waals surface area (Å²) in [5, 5.41) is 0. The van der Waals surface area contributed by atoms with Crippen LogP contribution < -0.4 is 5.56 Å². The summed E-state index contributed by atoms with van der Waals surface area (Å²) in [7, 11) is 0. The first-order valence-electron chi connectivity index (χ1n) is 3.01. The Morgan fingerprint density at radius 3 is 2.50 bits per heavy atom. The standard InChI is InChI=1S/C7H9NO.Ta/c1-5-3-4-6(2)8-7(5)9;/h3-4H,1-2H3,(H,8,9);/q;+1/p-1. The SMILES string of the molecule is Cc1ccc(C)[n]([Ta])c1=O. The van der Waals surface area contributed by atoms with Crippen LogP contribution in [0, 0.1) is 13.8 Å². The van der Waals surface area contributed by atoms with E-state index >= 15 is 0 Å². The number of aryl methyl sites for hydroxylation is 2. The number of aromatic nitrogens is 1. The van der Waals surface area contributed by atoms with Gasteiger partial charge in [0.15, 0.2) is 0 Å². The topological polar surface area (TPSA) is 22.0 Å². The van der Waals surface area contributed by atoms with E-state index in [9.17, 15) is 4.79 Å². The van der Waals surface area contributed by atoms with Gasteiger partial charge in [-0.15, -0.1) is 0 Å². The van der Waals surface area contributed by atoms with Gasteiger partial charge in [0.2, 0.25) is 0 Å². The Balaban J connectivity index is 3.50. The van der Waals surface area contributed by atoms with Gasteiger partial charge in [-0.3, -0.25) is 0 Å². The fraction of sp³-hybridized carbons (Fsp3) is 0.286. The normalized spacial score (nSPS) is 9.80. The molecule has 0 N–H and O–H groups in total. The van der Waals surface area contributed by atoms with Crippen molar-refractivity contribution in [2.45, 2.75) is 13.8 Å². The van der Waals surface area contributed by atoms with E-state index in [4.69, 9.17) is 0 Å². The van der Waals surface area contributed by atoms with Crippen LogP contribution in [-0.2, 0) is 21.3 Å². The molecule has 3 heteroatoms. The predicted octanol–water partition coefficient (Wildman–Crippen LogP) is 0.775. The van der Waals surface area contributed by atoms with Crippen LogP contribution in [0.4, 0.5) is 0 Å². The summed E-state index contributed by atoms with van der Waals surface area (Å²) in [5.41, 5.74) is 2.02. The number of hydrogen-bond donors (Lipinski definition) is 0. The molecule has 2 nitrogen and oxygen atoms in total. The van der Waals surface area contributed by atoms with Gasteiger partial charge in [0.1, 0.15) is 0 Å². The van der Waals surface area contributed by atoms with Gasteiger partial charge in [0.25, 0.3) is 0 Å².